The molecule has 2 aromatic carbocycles. The highest BCUT2D eigenvalue weighted by molar-refractivity contribution is 6.30. The first-order valence-electron chi connectivity index (χ1n) is 8.39. The molecule has 1 unspecified atom stereocenters. The van der Waals surface area contributed by atoms with Gasteiger partial charge >= 0.3 is 0 Å². The van der Waals surface area contributed by atoms with E-state index in [2.05, 4.69) is 5.32 Å². The first-order chi connectivity index (χ1) is 12.8. The fourth-order valence-corrected chi connectivity index (χ4v) is 3.06. The monoisotopic (exact) mass is 408 g/mol. The lowest BCUT2D eigenvalue weighted by Gasteiger charge is -2.23. The Morgan fingerprint density at radius 1 is 1.11 bits per heavy atom. The first-order valence-corrected chi connectivity index (χ1v) is 9.14. The molecule has 0 aromatic heterocycles. The molecule has 0 fully saturated rings. The Morgan fingerprint density at radius 3 is 2.33 bits per heavy atom. The summed E-state index contributed by atoms with van der Waals surface area (Å²) in [6.45, 7) is 1.77. The molecule has 2 amide bonds. The number of hydrogen-bond donors (Lipinski definition) is 1. The number of hydrogen-bond acceptors (Lipinski definition) is 3. The highest BCUT2D eigenvalue weighted by Crippen LogP contribution is 2.25. The van der Waals surface area contributed by atoms with E-state index in [1.54, 1.807) is 61.5 Å². The van der Waals surface area contributed by atoms with Crippen LogP contribution in [0, 0.1) is 0 Å². The second-order valence-corrected chi connectivity index (χ2v) is 7.09. The smallest absolute Gasteiger partial charge is 0.225 e. The van der Waals surface area contributed by atoms with E-state index >= 15 is 0 Å². The summed E-state index contributed by atoms with van der Waals surface area (Å²) < 4.78 is 5.33. The van der Waals surface area contributed by atoms with Crippen LogP contribution in [0.5, 0.6) is 5.75 Å². The van der Waals surface area contributed by atoms with Crippen LogP contribution in [-0.4, -0.2) is 30.9 Å². The van der Waals surface area contributed by atoms with Crippen molar-refractivity contribution in [3.63, 3.8) is 0 Å². The molecule has 2 aromatic rings. The van der Waals surface area contributed by atoms with Crippen molar-refractivity contribution in [2.45, 2.75) is 25.9 Å². The third kappa shape index (κ3) is 6.15. The van der Waals surface area contributed by atoms with Gasteiger partial charge in [-0.2, -0.15) is 0 Å². The Bertz CT molecular complexity index is 809. The van der Waals surface area contributed by atoms with E-state index in [0.717, 1.165) is 11.1 Å². The van der Waals surface area contributed by atoms with Gasteiger partial charge in [-0.1, -0.05) is 35.3 Å². The van der Waals surface area contributed by atoms with Crippen LogP contribution in [0.1, 0.15) is 30.5 Å². The van der Waals surface area contributed by atoms with Crippen molar-refractivity contribution < 1.29 is 14.3 Å². The SMILES string of the molecule is COc1ccc(Cl)cc1CN(C)C(=O)CC(NC(C)=O)c1ccc(Cl)cc1. The largest absolute Gasteiger partial charge is 0.496 e. The molecule has 0 heterocycles. The average molecular weight is 409 g/mol. The first kappa shape index (κ1) is 21.1. The lowest BCUT2D eigenvalue weighted by Crippen LogP contribution is -2.33. The number of rotatable bonds is 7. The Kier molecular flexibility index (Phi) is 7.51. The molecule has 1 N–H and O–H groups in total. The third-order valence-corrected chi connectivity index (χ3v) is 4.59. The van der Waals surface area contributed by atoms with Crippen LogP contribution in [0.15, 0.2) is 42.5 Å². The Morgan fingerprint density at radius 2 is 1.74 bits per heavy atom. The number of benzene rings is 2. The second-order valence-electron chi connectivity index (χ2n) is 6.21. The summed E-state index contributed by atoms with van der Waals surface area (Å²) in [5, 5.41) is 3.99. The summed E-state index contributed by atoms with van der Waals surface area (Å²) in [7, 11) is 3.28. The van der Waals surface area contributed by atoms with Crippen molar-refractivity contribution in [2.75, 3.05) is 14.2 Å². The van der Waals surface area contributed by atoms with Crippen molar-refractivity contribution in [3.05, 3.63) is 63.6 Å². The topological polar surface area (TPSA) is 58.6 Å². The van der Waals surface area contributed by atoms with Gasteiger partial charge in [0.25, 0.3) is 0 Å². The molecule has 0 spiro atoms. The molecule has 5 nitrogen and oxygen atoms in total. The van der Waals surface area contributed by atoms with E-state index in [1.165, 1.54) is 6.92 Å². The van der Waals surface area contributed by atoms with Crippen LogP contribution in [0.2, 0.25) is 10.0 Å². The number of methoxy groups -OCH3 is 1. The van der Waals surface area contributed by atoms with Crippen molar-refractivity contribution in [3.8, 4) is 5.75 Å². The van der Waals surface area contributed by atoms with Crippen molar-refractivity contribution in [1.82, 2.24) is 10.2 Å². The summed E-state index contributed by atoms with van der Waals surface area (Å²) in [4.78, 5) is 25.9. The van der Waals surface area contributed by atoms with E-state index in [0.29, 0.717) is 22.3 Å². The lowest BCUT2D eigenvalue weighted by atomic mass is 10.0. The van der Waals surface area contributed by atoms with Gasteiger partial charge in [-0.3, -0.25) is 9.59 Å². The predicted molar refractivity (Wildman–Crippen MR) is 107 cm³/mol. The van der Waals surface area contributed by atoms with Crippen molar-refractivity contribution in [1.29, 1.82) is 0 Å². The third-order valence-electron chi connectivity index (χ3n) is 4.10. The Hall–Kier alpha value is -2.24. The standard InChI is InChI=1S/C20H22Cl2N2O3/c1-13(25)23-18(14-4-6-16(21)7-5-14)11-20(26)24(2)12-15-10-17(22)8-9-19(15)27-3/h4-10,18H,11-12H2,1-3H3,(H,23,25). The molecular weight excluding hydrogens is 387 g/mol. The van der Waals surface area contributed by atoms with Crippen LogP contribution < -0.4 is 10.1 Å². The fraction of sp³-hybridized carbons (Fsp3) is 0.300. The van der Waals surface area contributed by atoms with Crippen LogP contribution in [0.25, 0.3) is 0 Å². The zero-order valence-electron chi connectivity index (χ0n) is 15.5. The zero-order chi connectivity index (χ0) is 20.0. The van der Waals surface area contributed by atoms with Crippen molar-refractivity contribution in [2.24, 2.45) is 0 Å². The maximum absolute atomic E-state index is 12.7. The molecule has 1 atom stereocenters. The Balaban J connectivity index is 2.13. The minimum atomic E-state index is -0.434. The molecule has 0 radical (unpaired) electrons. The van der Waals surface area contributed by atoms with E-state index < -0.39 is 6.04 Å². The molecule has 2 rings (SSSR count). The molecular formula is C20H22Cl2N2O3. The minimum Gasteiger partial charge on any atom is -0.496 e. The zero-order valence-corrected chi connectivity index (χ0v) is 17.0. The maximum atomic E-state index is 12.7. The van der Waals surface area contributed by atoms with Gasteiger partial charge < -0.3 is 15.0 Å². The van der Waals surface area contributed by atoms with E-state index in [1.807, 2.05) is 0 Å². The highest BCUT2D eigenvalue weighted by atomic mass is 35.5. The van der Waals surface area contributed by atoms with Gasteiger partial charge in [-0.15, -0.1) is 0 Å². The number of ether oxygens (including phenoxy) is 1. The highest BCUT2D eigenvalue weighted by Gasteiger charge is 2.20. The van der Waals surface area contributed by atoms with E-state index in [-0.39, 0.29) is 18.2 Å². The normalized spacial score (nSPS) is 11.6. The van der Waals surface area contributed by atoms with Crippen LogP contribution in [-0.2, 0) is 16.1 Å². The number of halogens is 2. The van der Waals surface area contributed by atoms with Gasteiger partial charge in [-0.05, 0) is 35.9 Å². The van der Waals surface area contributed by atoms with E-state index in [9.17, 15) is 9.59 Å². The summed E-state index contributed by atoms with van der Waals surface area (Å²) >= 11 is 12.0. The van der Waals surface area contributed by atoms with Gasteiger partial charge in [0, 0.05) is 36.1 Å². The van der Waals surface area contributed by atoms with Gasteiger partial charge in [0.2, 0.25) is 11.8 Å². The number of carbonyl (C=O) groups is 2. The minimum absolute atomic E-state index is 0.120. The number of carbonyl (C=O) groups excluding carboxylic acids is 2. The molecule has 144 valence electrons. The molecule has 27 heavy (non-hydrogen) atoms. The summed E-state index contributed by atoms with van der Waals surface area (Å²) in [6, 6.07) is 11.9. The van der Waals surface area contributed by atoms with Crippen LogP contribution in [0.4, 0.5) is 0 Å². The van der Waals surface area contributed by atoms with Gasteiger partial charge in [0.15, 0.2) is 0 Å². The van der Waals surface area contributed by atoms with Gasteiger partial charge in [0.1, 0.15) is 5.75 Å². The van der Waals surface area contributed by atoms with Crippen molar-refractivity contribution >= 4 is 35.0 Å². The summed E-state index contributed by atoms with van der Waals surface area (Å²) in [5.74, 6) is 0.336. The molecule has 7 heteroatoms. The average Bonchev–Trinajstić information content (AvgIpc) is 2.61. The summed E-state index contributed by atoms with van der Waals surface area (Å²) in [6.07, 6.45) is 0.126. The number of nitrogens with one attached hydrogen (secondary N) is 1. The van der Waals surface area contributed by atoms with Crippen LogP contribution >= 0.6 is 23.2 Å². The molecule has 0 aliphatic heterocycles. The van der Waals surface area contributed by atoms with Gasteiger partial charge in [-0.25, -0.2) is 0 Å². The molecule has 0 aliphatic carbocycles. The lowest BCUT2D eigenvalue weighted by molar-refractivity contribution is -0.131. The second kappa shape index (κ2) is 9.62. The number of amides is 2. The fourth-order valence-electron chi connectivity index (χ4n) is 2.74. The van der Waals surface area contributed by atoms with Gasteiger partial charge in [0.05, 0.1) is 19.6 Å². The molecule has 0 saturated heterocycles. The number of nitrogens with zero attached hydrogens (tertiary/aromatic N) is 1. The summed E-state index contributed by atoms with van der Waals surface area (Å²) in [5.41, 5.74) is 1.63. The van der Waals surface area contributed by atoms with E-state index in [4.69, 9.17) is 27.9 Å². The van der Waals surface area contributed by atoms with Crippen LogP contribution in [0.3, 0.4) is 0 Å². The molecule has 0 bridgehead atoms. The Labute approximate surface area is 169 Å². The quantitative estimate of drug-likeness (QED) is 0.745. The maximum Gasteiger partial charge on any atom is 0.225 e. The molecule has 0 saturated carbocycles. The predicted octanol–water partition coefficient (Wildman–Crippen LogP) is 4.23. The molecule has 0 aliphatic rings.